The van der Waals surface area contributed by atoms with E-state index in [1.165, 1.54) is 0 Å². The van der Waals surface area contributed by atoms with Crippen molar-refractivity contribution in [2.24, 2.45) is 0 Å². The molecule has 0 bridgehead atoms. The second-order valence-electron chi connectivity index (χ2n) is 0.0505. The molecule has 0 N–H and O–H groups in total. The first-order chi connectivity index (χ1) is 1.41. The number of halogens is 1. The Bertz CT molecular complexity index is 11.6. The van der Waals surface area contributed by atoms with Gasteiger partial charge in [-0.05, 0) is 0 Å². The van der Waals surface area contributed by atoms with Crippen molar-refractivity contribution >= 4 is 43.7 Å². The molecule has 1 radical (unpaired) electrons. The first-order valence-electron chi connectivity index (χ1n) is 0.276. The molecule has 0 aromatic rings. The van der Waals surface area contributed by atoms with Crippen molar-refractivity contribution in [2.75, 3.05) is 0 Å². The summed E-state index contributed by atoms with van der Waals surface area (Å²) in [7, 11) is 0. The van der Waals surface area contributed by atoms with Gasteiger partial charge >= 0.3 is 69.2 Å². The summed E-state index contributed by atoms with van der Waals surface area (Å²) in [5, 5.41) is 0. The molecule has 0 unspecified atom stereocenters. The molecule has 0 saturated heterocycles. The number of rotatable bonds is 0. The van der Waals surface area contributed by atoms with Crippen LogP contribution < -0.4 is 0 Å². The molecule has 0 heterocycles. The van der Waals surface area contributed by atoms with Gasteiger partial charge in [0, 0.05) is 16.8 Å². The predicted octanol–water partition coefficient (Wildman–Crippen LogP) is 0.190. The maximum atomic E-state index is 3.43. The molecule has 5 heteroatoms. The predicted molar refractivity (Wildman–Crippen MR) is 16.1 cm³/mol. The van der Waals surface area contributed by atoms with Crippen LogP contribution in [0.15, 0.2) is 0 Å². The summed E-state index contributed by atoms with van der Waals surface area (Å²) in [4.78, 5) is 0. The molecule has 0 amide bonds. The molecular weight excluding hydrogens is 273 g/mol. The van der Waals surface area contributed by atoms with E-state index in [0.29, 0.717) is 11.3 Å². The van der Waals surface area contributed by atoms with Crippen LogP contribution in [0.25, 0.3) is 0 Å². The molecule has 0 aliphatic carbocycles. The van der Waals surface area contributed by atoms with Crippen LogP contribution in [-0.4, -0.2) is 29.6 Å². The van der Waals surface area contributed by atoms with Crippen molar-refractivity contribution in [1.82, 2.24) is 0 Å². The number of hydrogen-bond acceptors (Lipinski definition) is 0. The second kappa shape index (κ2) is 15.7. The molecule has 0 aromatic heterocycles. The Morgan fingerprint density at radius 2 is 1.60 bits per heavy atom. The van der Waals surface area contributed by atoms with Gasteiger partial charge < -0.3 is 0 Å². The summed E-state index contributed by atoms with van der Waals surface area (Å²) in [6.07, 6.45) is 0. The van der Waals surface area contributed by atoms with E-state index in [0.717, 1.165) is 0 Å². The summed E-state index contributed by atoms with van der Waals surface area (Å²) in [5.74, 6) is 0. The first kappa shape index (κ1) is 15.7. The van der Waals surface area contributed by atoms with Gasteiger partial charge in [0.25, 0.3) is 0 Å². The van der Waals surface area contributed by atoms with Gasteiger partial charge in [-0.1, -0.05) is 0 Å². The zero-order valence-corrected chi connectivity index (χ0v) is 6.35. The monoisotopic (exact) mass is 273 g/mol. The van der Waals surface area contributed by atoms with Crippen molar-refractivity contribution < 1.29 is 42.3 Å². The van der Waals surface area contributed by atoms with Gasteiger partial charge in [-0.15, -0.1) is 0 Å². The molecular formula is HBrCoFeMnNa. The van der Waals surface area contributed by atoms with E-state index in [1.54, 1.807) is 0 Å². The third kappa shape index (κ3) is 19.4. The van der Waals surface area contributed by atoms with E-state index in [-0.39, 0.29) is 46.3 Å². The molecule has 0 rings (SSSR count). The van der Waals surface area contributed by atoms with E-state index in [4.69, 9.17) is 0 Å². The molecule has 0 aliphatic heterocycles. The molecule has 0 saturated carbocycles. The van der Waals surface area contributed by atoms with Crippen LogP contribution in [-0.2, 0) is 42.3 Å². The SMILES string of the molecule is [Co].[Fe][Mn][Br].[NaH]. The van der Waals surface area contributed by atoms with Crippen LogP contribution in [0.5, 0.6) is 0 Å². The van der Waals surface area contributed by atoms with Crippen LogP contribution in [0.2, 0.25) is 0 Å². The van der Waals surface area contributed by atoms with Crippen molar-refractivity contribution in [3.8, 4) is 0 Å². The Morgan fingerprint density at radius 1 is 1.60 bits per heavy atom. The van der Waals surface area contributed by atoms with Gasteiger partial charge in [0.05, 0.1) is 0 Å². The summed E-state index contributed by atoms with van der Waals surface area (Å²) < 4.78 is 0. The van der Waals surface area contributed by atoms with E-state index in [9.17, 15) is 0 Å². The van der Waals surface area contributed by atoms with Crippen LogP contribution in [0.1, 0.15) is 0 Å². The maximum absolute atomic E-state index is 3.43. The van der Waals surface area contributed by atoms with Crippen LogP contribution in [0, 0.1) is 0 Å². The molecule has 0 aromatic carbocycles. The van der Waals surface area contributed by atoms with Crippen LogP contribution in [0.4, 0.5) is 0 Å². The zero-order valence-electron chi connectivity index (χ0n) is 1.44. The van der Waals surface area contributed by atoms with Crippen molar-refractivity contribution in [3.05, 3.63) is 0 Å². The third-order valence-corrected chi connectivity index (χ3v) is 0. The van der Waals surface area contributed by atoms with Gasteiger partial charge in [0.15, 0.2) is 0 Å². The molecule has 0 aliphatic rings. The fraction of sp³-hybridized carbons (Fsp3) is 0. The number of hydrogen-bond donors (Lipinski definition) is 0. The Balaban J connectivity index is -0.0000000200. The Morgan fingerprint density at radius 3 is 1.60 bits per heavy atom. The van der Waals surface area contributed by atoms with Gasteiger partial charge in [-0.3, -0.25) is 0 Å². The van der Waals surface area contributed by atoms with Crippen molar-refractivity contribution in [1.29, 1.82) is 0 Å². The Labute approximate surface area is 84.3 Å². The average Bonchev–Trinajstić information content (AvgIpc) is 0.918. The van der Waals surface area contributed by atoms with Crippen LogP contribution in [0.3, 0.4) is 0 Å². The molecule has 0 atom stereocenters. The molecule has 0 nitrogen and oxygen atoms in total. The fourth-order valence-corrected chi connectivity index (χ4v) is 0. The van der Waals surface area contributed by atoms with Gasteiger partial charge in [0.1, 0.15) is 0 Å². The van der Waals surface area contributed by atoms with E-state index >= 15 is 0 Å². The molecule has 0 spiro atoms. The summed E-state index contributed by atoms with van der Waals surface area (Å²) in [5.41, 5.74) is 0. The molecule has 5 heavy (non-hydrogen) atoms. The van der Waals surface area contributed by atoms with Crippen LogP contribution >= 0.6 is 14.1 Å². The van der Waals surface area contributed by atoms with E-state index in [2.05, 4.69) is 28.3 Å². The molecule has 0 fully saturated rings. The summed E-state index contributed by atoms with van der Waals surface area (Å²) in [6, 6.07) is 0. The standard InChI is InChI=1S/BrH.Co.Fe.Mn.Na.H/h1H;;;;;/q;;;+1;;/p-1. The van der Waals surface area contributed by atoms with Crippen molar-refractivity contribution in [2.45, 2.75) is 0 Å². The summed E-state index contributed by atoms with van der Waals surface area (Å²) in [6.45, 7) is 0. The summed E-state index contributed by atoms with van der Waals surface area (Å²) >= 11 is 7.12. The first-order valence-corrected chi connectivity index (χ1v) is 5.33. The quantitative estimate of drug-likeness (QED) is 0.553. The minimum absolute atomic E-state index is 0. The van der Waals surface area contributed by atoms with E-state index < -0.39 is 0 Å². The second-order valence-corrected chi connectivity index (χ2v) is 4.46. The third-order valence-electron chi connectivity index (χ3n) is 0. The van der Waals surface area contributed by atoms with Gasteiger partial charge in [-0.25, -0.2) is 0 Å². The Kier molecular flexibility index (Phi) is 49.4. The fourth-order valence-electron chi connectivity index (χ4n) is 0. The van der Waals surface area contributed by atoms with Gasteiger partial charge in [0.2, 0.25) is 0 Å². The molecule has 33 valence electrons. The van der Waals surface area contributed by atoms with Crippen molar-refractivity contribution in [3.63, 3.8) is 0 Å². The minimum atomic E-state index is 0. The van der Waals surface area contributed by atoms with Gasteiger partial charge in [-0.2, -0.15) is 0 Å². The Hall–Kier alpha value is 3.03. The average molecular weight is 274 g/mol. The topological polar surface area (TPSA) is 0 Å². The normalized spacial score (nSPS) is 3.60. The zero-order chi connectivity index (χ0) is 2.71. The van der Waals surface area contributed by atoms with E-state index in [1.807, 2.05) is 0 Å².